The number of nitrogens with zero attached hydrogens (tertiary/aromatic N) is 3. The molecule has 4 rings (SSSR count). The number of aromatic nitrogens is 5. The second-order valence-electron chi connectivity index (χ2n) is 5.41. The second-order valence-corrected chi connectivity index (χ2v) is 5.41. The molecule has 0 radical (unpaired) electrons. The zero-order valence-electron chi connectivity index (χ0n) is 12.5. The molecule has 0 amide bonds. The molecule has 0 saturated heterocycles. The van der Waals surface area contributed by atoms with Gasteiger partial charge in [0.2, 0.25) is 5.78 Å². The fourth-order valence-electron chi connectivity index (χ4n) is 2.55. The van der Waals surface area contributed by atoms with E-state index in [1.54, 1.807) is 18.3 Å². The van der Waals surface area contributed by atoms with Gasteiger partial charge in [0.25, 0.3) is 0 Å². The van der Waals surface area contributed by atoms with Crippen molar-refractivity contribution in [3.63, 3.8) is 0 Å². The summed E-state index contributed by atoms with van der Waals surface area (Å²) in [6, 6.07) is 10.1. The number of benzene rings is 1. The number of carbonyl (C=O) groups excluding carboxylic acids is 1. The highest BCUT2D eigenvalue weighted by atomic mass is 19.1. The Morgan fingerprint density at radius 2 is 1.96 bits per heavy atom. The van der Waals surface area contributed by atoms with Crippen LogP contribution in [-0.2, 0) is 6.42 Å². The lowest BCUT2D eigenvalue weighted by molar-refractivity contribution is 0.0983. The van der Waals surface area contributed by atoms with Crippen LogP contribution in [0.1, 0.15) is 16.2 Å². The summed E-state index contributed by atoms with van der Waals surface area (Å²) >= 11 is 0. The van der Waals surface area contributed by atoms with Crippen molar-refractivity contribution in [2.75, 3.05) is 0 Å². The van der Waals surface area contributed by atoms with E-state index >= 15 is 0 Å². The molecule has 0 aliphatic carbocycles. The maximum Gasteiger partial charge on any atom is 0.203 e. The van der Waals surface area contributed by atoms with E-state index in [1.807, 2.05) is 12.1 Å². The first kappa shape index (κ1) is 14.3. The number of nitrogens with one attached hydrogen (secondary N) is 2. The molecule has 3 heterocycles. The van der Waals surface area contributed by atoms with Crippen molar-refractivity contribution in [2.45, 2.75) is 6.42 Å². The normalized spacial score (nSPS) is 11.0. The van der Waals surface area contributed by atoms with E-state index in [0.29, 0.717) is 5.65 Å². The van der Waals surface area contributed by atoms with Crippen LogP contribution < -0.4 is 0 Å². The van der Waals surface area contributed by atoms with Crippen LogP contribution in [0.3, 0.4) is 0 Å². The smallest absolute Gasteiger partial charge is 0.203 e. The summed E-state index contributed by atoms with van der Waals surface area (Å²) in [4.78, 5) is 23.5. The predicted octanol–water partition coefficient (Wildman–Crippen LogP) is 2.91. The Kier molecular flexibility index (Phi) is 3.38. The van der Waals surface area contributed by atoms with E-state index in [2.05, 4.69) is 25.1 Å². The highest BCUT2D eigenvalue weighted by molar-refractivity contribution is 5.94. The molecule has 0 bridgehead atoms. The number of hydrogen-bond acceptors (Lipinski definition) is 4. The average Bonchev–Trinajstić information content (AvgIpc) is 3.24. The van der Waals surface area contributed by atoms with Gasteiger partial charge in [-0.25, -0.2) is 14.4 Å². The highest BCUT2D eigenvalue weighted by Gasteiger charge is 2.12. The Hall–Kier alpha value is -3.35. The molecule has 0 aliphatic heterocycles. The van der Waals surface area contributed by atoms with E-state index < -0.39 is 0 Å². The van der Waals surface area contributed by atoms with Gasteiger partial charge in [0.15, 0.2) is 5.82 Å². The van der Waals surface area contributed by atoms with E-state index in [1.165, 1.54) is 18.5 Å². The van der Waals surface area contributed by atoms with Crippen molar-refractivity contribution in [1.29, 1.82) is 0 Å². The number of carbonyl (C=O) groups is 1. The quantitative estimate of drug-likeness (QED) is 0.566. The van der Waals surface area contributed by atoms with Crippen LogP contribution in [0.5, 0.6) is 0 Å². The lowest BCUT2D eigenvalue weighted by Gasteiger charge is -1.98. The van der Waals surface area contributed by atoms with Crippen LogP contribution in [0, 0.1) is 5.82 Å². The van der Waals surface area contributed by atoms with Gasteiger partial charge >= 0.3 is 0 Å². The summed E-state index contributed by atoms with van der Waals surface area (Å²) in [5, 5.41) is 7.12. The van der Waals surface area contributed by atoms with Crippen molar-refractivity contribution < 1.29 is 9.18 Å². The van der Waals surface area contributed by atoms with Gasteiger partial charge in [0.05, 0.1) is 0 Å². The molecule has 0 fully saturated rings. The molecular formula is C17H12FN5O. The summed E-state index contributed by atoms with van der Waals surface area (Å²) in [5.74, 6) is -0.194. The number of pyridine rings is 1. The number of ketones is 1. The Balaban J connectivity index is 1.63. The topological polar surface area (TPSA) is 87.3 Å². The zero-order chi connectivity index (χ0) is 16.5. The van der Waals surface area contributed by atoms with Crippen molar-refractivity contribution in [2.24, 2.45) is 0 Å². The predicted molar refractivity (Wildman–Crippen MR) is 85.9 cm³/mol. The first-order valence-electron chi connectivity index (χ1n) is 7.31. The van der Waals surface area contributed by atoms with Crippen LogP contribution >= 0.6 is 0 Å². The molecule has 0 atom stereocenters. The molecule has 2 N–H and O–H groups in total. The van der Waals surface area contributed by atoms with E-state index in [-0.39, 0.29) is 23.8 Å². The Bertz CT molecular complexity index is 1010. The molecule has 6 nitrogen and oxygen atoms in total. The standard InChI is InChI=1S/C17H12FN5O/c18-13-3-1-11(2-4-13)14-7-12-5-10(8-19-16(12)22-14)6-15(24)17-20-9-21-23-17/h1-5,7-9H,6H2,(H,19,22)(H,20,21,23). The second kappa shape index (κ2) is 5.69. The zero-order valence-corrected chi connectivity index (χ0v) is 12.5. The molecule has 0 saturated carbocycles. The fourth-order valence-corrected chi connectivity index (χ4v) is 2.55. The molecular weight excluding hydrogens is 309 g/mol. The lowest BCUT2D eigenvalue weighted by Crippen LogP contribution is -2.06. The SMILES string of the molecule is O=C(Cc1cnc2[nH]c(-c3ccc(F)cc3)cc2c1)c1ncn[nH]1. The number of halogens is 1. The molecule has 3 aromatic heterocycles. The molecule has 0 aliphatic rings. The number of aromatic amines is 2. The maximum atomic E-state index is 13.0. The lowest BCUT2D eigenvalue weighted by atomic mass is 10.1. The fraction of sp³-hybridized carbons (Fsp3) is 0.0588. The van der Waals surface area contributed by atoms with Gasteiger partial charge in [0.1, 0.15) is 17.8 Å². The molecule has 7 heteroatoms. The van der Waals surface area contributed by atoms with Gasteiger partial charge in [-0.3, -0.25) is 9.89 Å². The number of fused-ring (bicyclic) bond motifs is 1. The van der Waals surface area contributed by atoms with Crippen LogP contribution in [-0.4, -0.2) is 30.9 Å². The largest absolute Gasteiger partial charge is 0.339 e. The highest BCUT2D eigenvalue weighted by Crippen LogP contribution is 2.24. The summed E-state index contributed by atoms with van der Waals surface area (Å²) in [6.07, 6.45) is 3.15. The summed E-state index contributed by atoms with van der Waals surface area (Å²) in [6.45, 7) is 0. The van der Waals surface area contributed by atoms with Gasteiger partial charge in [-0.05, 0) is 47.5 Å². The van der Waals surface area contributed by atoms with Gasteiger partial charge < -0.3 is 4.98 Å². The number of hydrogen-bond donors (Lipinski definition) is 2. The Morgan fingerprint density at radius 3 is 2.71 bits per heavy atom. The van der Waals surface area contributed by atoms with Gasteiger partial charge in [-0.1, -0.05) is 0 Å². The molecule has 1 aromatic carbocycles. The summed E-state index contributed by atoms with van der Waals surface area (Å²) in [5.41, 5.74) is 3.21. The van der Waals surface area contributed by atoms with E-state index in [0.717, 1.165) is 22.2 Å². The van der Waals surface area contributed by atoms with Crippen LogP contribution in [0.15, 0.2) is 48.9 Å². The molecule has 4 aromatic rings. The Morgan fingerprint density at radius 1 is 1.12 bits per heavy atom. The molecule has 0 spiro atoms. The summed E-state index contributed by atoms with van der Waals surface area (Å²) in [7, 11) is 0. The first-order chi connectivity index (χ1) is 11.7. The van der Waals surface area contributed by atoms with E-state index in [9.17, 15) is 9.18 Å². The number of rotatable bonds is 4. The molecule has 0 unspecified atom stereocenters. The molecule has 24 heavy (non-hydrogen) atoms. The van der Waals surface area contributed by atoms with Crippen molar-refractivity contribution in [1.82, 2.24) is 25.1 Å². The van der Waals surface area contributed by atoms with Crippen molar-refractivity contribution in [3.8, 4) is 11.3 Å². The Labute approximate surface area is 135 Å². The van der Waals surface area contributed by atoms with Crippen molar-refractivity contribution in [3.05, 3.63) is 66.1 Å². The van der Waals surface area contributed by atoms with Crippen LogP contribution in [0.2, 0.25) is 0 Å². The maximum absolute atomic E-state index is 13.0. The van der Waals surface area contributed by atoms with E-state index in [4.69, 9.17) is 0 Å². The number of H-pyrrole nitrogens is 2. The van der Waals surface area contributed by atoms with Gasteiger partial charge in [0, 0.05) is 23.7 Å². The summed E-state index contributed by atoms with van der Waals surface area (Å²) < 4.78 is 13.0. The number of Topliss-reactive ketones (excluding diaryl/α,β-unsaturated/α-hetero) is 1. The first-order valence-corrected chi connectivity index (χ1v) is 7.31. The van der Waals surface area contributed by atoms with Crippen molar-refractivity contribution >= 4 is 16.8 Å². The third-order valence-corrected chi connectivity index (χ3v) is 3.73. The minimum Gasteiger partial charge on any atom is -0.339 e. The van der Waals surface area contributed by atoms with Crippen LogP contribution in [0.25, 0.3) is 22.3 Å². The minimum absolute atomic E-state index is 0.150. The monoisotopic (exact) mass is 321 g/mol. The molecule has 118 valence electrons. The van der Waals surface area contributed by atoms with Gasteiger partial charge in [-0.2, -0.15) is 5.10 Å². The minimum atomic E-state index is -0.277. The van der Waals surface area contributed by atoms with Gasteiger partial charge in [-0.15, -0.1) is 0 Å². The average molecular weight is 321 g/mol. The third kappa shape index (κ3) is 2.67. The van der Waals surface area contributed by atoms with Crippen LogP contribution in [0.4, 0.5) is 4.39 Å². The third-order valence-electron chi connectivity index (χ3n) is 3.73.